The summed E-state index contributed by atoms with van der Waals surface area (Å²) in [6, 6.07) is 5.76. The van der Waals surface area contributed by atoms with Crippen LogP contribution < -0.4 is 0 Å². The lowest BCUT2D eigenvalue weighted by Gasteiger charge is -2.05. The predicted molar refractivity (Wildman–Crippen MR) is 67.3 cm³/mol. The summed E-state index contributed by atoms with van der Waals surface area (Å²) in [5.41, 5.74) is 2.92. The van der Waals surface area contributed by atoms with Gasteiger partial charge in [-0.05, 0) is 41.8 Å². The monoisotopic (exact) mass is 266 g/mol. The van der Waals surface area contributed by atoms with Crippen LogP contribution in [0.1, 0.15) is 35.7 Å². The highest BCUT2D eigenvalue weighted by atomic mass is 79.9. The molecule has 80 valence electrons. The number of halogens is 1. The molecule has 0 radical (unpaired) electrons. The van der Waals surface area contributed by atoms with E-state index in [2.05, 4.69) is 22.5 Å². The molecule has 0 atom stereocenters. The van der Waals surface area contributed by atoms with Crippen LogP contribution in [-0.4, -0.2) is 5.78 Å². The van der Waals surface area contributed by atoms with Crippen LogP contribution in [0.5, 0.6) is 0 Å². The van der Waals surface area contributed by atoms with Gasteiger partial charge in [0.05, 0.1) is 0 Å². The van der Waals surface area contributed by atoms with E-state index in [1.165, 1.54) is 0 Å². The summed E-state index contributed by atoms with van der Waals surface area (Å²) >= 11 is 3.44. The number of carbonyl (C=O) groups excluding carboxylic acids is 1. The molecular formula is C13H15BrO. The summed E-state index contributed by atoms with van der Waals surface area (Å²) in [5, 5.41) is 0. The van der Waals surface area contributed by atoms with Crippen molar-refractivity contribution in [2.45, 2.75) is 26.7 Å². The van der Waals surface area contributed by atoms with E-state index in [1.807, 2.05) is 32.0 Å². The van der Waals surface area contributed by atoms with Gasteiger partial charge in [-0.1, -0.05) is 23.8 Å². The molecule has 0 spiro atoms. The maximum absolute atomic E-state index is 11.9. The Morgan fingerprint density at radius 3 is 2.67 bits per heavy atom. The number of hydrogen-bond acceptors (Lipinski definition) is 1. The van der Waals surface area contributed by atoms with Crippen molar-refractivity contribution < 1.29 is 4.79 Å². The lowest BCUT2D eigenvalue weighted by molar-refractivity contribution is 0.0982. The van der Waals surface area contributed by atoms with E-state index < -0.39 is 0 Å². The van der Waals surface area contributed by atoms with E-state index in [0.717, 1.165) is 27.6 Å². The molecular weight excluding hydrogens is 252 g/mol. The van der Waals surface area contributed by atoms with E-state index in [4.69, 9.17) is 0 Å². The van der Waals surface area contributed by atoms with Gasteiger partial charge in [0.2, 0.25) is 0 Å². The summed E-state index contributed by atoms with van der Waals surface area (Å²) < 4.78 is 0.914. The fraction of sp³-hybridized carbons (Fsp3) is 0.308. The molecule has 1 aromatic rings. The average molecular weight is 267 g/mol. The Labute approximate surface area is 99.3 Å². The van der Waals surface area contributed by atoms with Gasteiger partial charge in [0.1, 0.15) is 0 Å². The average Bonchev–Trinajstić information content (AvgIpc) is 2.18. The molecule has 0 aromatic heterocycles. The number of ketones is 1. The van der Waals surface area contributed by atoms with Crippen molar-refractivity contribution in [1.29, 1.82) is 0 Å². The van der Waals surface area contributed by atoms with Gasteiger partial charge in [0.25, 0.3) is 0 Å². The zero-order chi connectivity index (χ0) is 11.4. The lowest BCUT2D eigenvalue weighted by Crippen LogP contribution is -2.01. The Morgan fingerprint density at radius 2 is 2.07 bits per heavy atom. The maximum atomic E-state index is 11.9. The van der Waals surface area contributed by atoms with Crippen LogP contribution in [0, 0.1) is 6.92 Å². The van der Waals surface area contributed by atoms with Gasteiger partial charge in [-0.2, -0.15) is 0 Å². The largest absolute Gasteiger partial charge is 0.294 e. The third-order valence-electron chi connectivity index (χ3n) is 2.27. The highest BCUT2D eigenvalue weighted by Crippen LogP contribution is 2.23. The second-order valence-corrected chi connectivity index (χ2v) is 4.61. The zero-order valence-corrected chi connectivity index (χ0v) is 10.7. The maximum Gasteiger partial charge on any atom is 0.164 e. The van der Waals surface area contributed by atoms with Gasteiger partial charge in [-0.15, -0.1) is 6.58 Å². The van der Waals surface area contributed by atoms with Gasteiger partial charge < -0.3 is 0 Å². The van der Waals surface area contributed by atoms with E-state index >= 15 is 0 Å². The molecule has 0 aliphatic carbocycles. The molecule has 0 saturated carbocycles. The molecule has 0 unspecified atom stereocenters. The minimum absolute atomic E-state index is 0.175. The molecule has 0 aliphatic heterocycles. The summed E-state index contributed by atoms with van der Waals surface area (Å²) in [6.45, 7) is 7.73. The van der Waals surface area contributed by atoms with Crippen LogP contribution in [0.4, 0.5) is 0 Å². The topological polar surface area (TPSA) is 17.1 Å². The normalized spacial score (nSPS) is 10.1. The van der Waals surface area contributed by atoms with Gasteiger partial charge in [0, 0.05) is 16.5 Å². The molecule has 0 saturated heterocycles. The van der Waals surface area contributed by atoms with Crippen LogP contribution in [-0.2, 0) is 0 Å². The highest BCUT2D eigenvalue weighted by molar-refractivity contribution is 9.10. The van der Waals surface area contributed by atoms with E-state index in [0.29, 0.717) is 6.42 Å². The first-order valence-electron chi connectivity index (χ1n) is 4.95. The number of Topliss-reactive ketones (excluding diaryl/α,β-unsaturated/α-hetero) is 1. The summed E-state index contributed by atoms with van der Waals surface area (Å²) in [4.78, 5) is 11.9. The van der Waals surface area contributed by atoms with Crippen LogP contribution in [0.25, 0.3) is 0 Å². The van der Waals surface area contributed by atoms with Crippen molar-refractivity contribution in [2.75, 3.05) is 0 Å². The molecule has 0 fully saturated rings. The molecule has 1 nitrogen and oxygen atoms in total. The fourth-order valence-corrected chi connectivity index (χ4v) is 1.81. The molecule has 0 heterocycles. The Balaban J connectivity index is 2.82. The van der Waals surface area contributed by atoms with E-state index in [-0.39, 0.29) is 5.78 Å². The summed E-state index contributed by atoms with van der Waals surface area (Å²) in [5.74, 6) is 0.175. The number of allylic oxidation sites excluding steroid dienone is 1. The number of carbonyl (C=O) groups is 1. The minimum Gasteiger partial charge on any atom is -0.294 e. The lowest BCUT2D eigenvalue weighted by atomic mass is 10.0. The number of benzene rings is 1. The Hall–Kier alpha value is -0.890. The SMILES string of the molecule is C=C(C)CCC(=O)c1cccc(C)c1Br. The summed E-state index contributed by atoms with van der Waals surface area (Å²) in [7, 11) is 0. The third-order valence-corrected chi connectivity index (χ3v) is 3.32. The second-order valence-electron chi connectivity index (χ2n) is 3.82. The van der Waals surface area contributed by atoms with E-state index in [1.54, 1.807) is 0 Å². The Morgan fingerprint density at radius 1 is 1.40 bits per heavy atom. The Kier molecular flexibility index (Phi) is 4.28. The molecule has 1 aromatic carbocycles. The van der Waals surface area contributed by atoms with Crippen molar-refractivity contribution in [3.8, 4) is 0 Å². The highest BCUT2D eigenvalue weighted by Gasteiger charge is 2.10. The second kappa shape index (κ2) is 5.26. The van der Waals surface area contributed by atoms with Gasteiger partial charge in [0.15, 0.2) is 5.78 Å². The van der Waals surface area contributed by atoms with Crippen LogP contribution >= 0.6 is 15.9 Å². The van der Waals surface area contributed by atoms with Gasteiger partial charge in [-0.25, -0.2) is 0 Å². The first-order chi connectivity index (χ1) is 7.02. The van der Waals surface area contributed by atoms with Crippen molar-refractivity contribution in [3.63, 3.8) is 0 Å². The molecule has 15 heavy (non-hydrogen) atoms. The molecule has 2 heteroatoms. The van der Waals surface area contributed by atoms with Crippen molar-refractivity contribution in [2.24, 2.45) is 0 Å². The van der Waals surface area contributed by atoms with Crippen molar-refractivity contribution in [1.82, 2.24) is 0 Å². The van der Waals surface area contributed by atoms with Crippen LogP contribution in [0.3, 0.4) is 0 Å². The first-order valence-corrected chi connectivity index (χ1v) is 5.74. The number of aryl methyl sites for hydroxylation is 1. The number of hydrogen-bond donors (Lipinski definition) is 0. The van der Waals surface area contributed by atoms with Gasteiger partial charge in [-0.3, -0.25) is 4.79 Å². The van der Waals surface area contributed by atoms with E-state index in [9.17, 15) is 4.79 Å². The zero-order valence-electron chi connectivity index (χ0n) is 9.14. The molecule has 1 rings (SSSR count). The predicted octanol–water partition coefficient (Wildman–Crippen LogP) is 4.30. The minimum atomic E-state index is 0.175. The molecule has 0 N–H and O–H groups in total. The van der Waals surface area contributed by atoms with Crippen LogP contribution in [0.15, 0.2) is 34.8 Å². The molecule has 0 amide bonds. The molecule has 0 aliphatic rings. The van der Waals surface area contributed by atoms with Crippen molar-refractivity contribution in [3.05, 3.63) is 46.0 Å². The fourth-order valence-electron chi connectivity index (χ4n) is 1.32. The smallest absolute Gasteiger partial charge is 0.164 e. The first kappa shape index (κ1) is 12.2. The van der Waals surface area contributed by atoms with Gasteiger partial charge >= 0.3 is 0 Å². The Bertz CT molecular complexity index is 394. The molecule has 0 bridgehead atoms. The third kappa shape index (κ3) is 3.31. The summed E-state index contributed by atoms with van der Waals surface area (Å²) in [6.07, 6.45) is 1.30. The van der Waals surface area contributed by atoms with Crippen molar-refractivity contribution >= 4 is 21.7 Å². The standard InChI is InChI=1S/C13H15BrO/c1-9(2)7-8-12(15)11-6-4-5-10(3)13(11)14/h4-6H,1,7-8H2,2-3H3. The van der Waals surface area contributed by atoms with Crippen LogP contribution in [0.2, 0.25) is 0 Å². The number of rotatable bonds is 4. The quantitative estimate of drug-likeness (QED) is 0.587.